The normalized spacial score (nSPS) is 33.3. The highest BCUT2D eigenvalue weighted by atomic mass is 16.5. The van der Waals surface area contributed by atoms with Crippen molar-refractivity contribution in [3.8, 4) is 11.4 Å². The molecule has 0 spiro atoms. The van der Waals surface area contributed by atoms with E-state index in [1.54, 1.807) is 0 Å². The second-order valence-electron chi connectivity index (χ2n) is 10.7. The lowest BCUT2D eigenvalue weighted by Gasteiger charge is -2.56. The Morgan fingerprint density at radius 3 is 2.22 bits per heavy atom. The molecule has 8 rings (SSSR count). The number of aromatic nitrogens is 2. The summed E-state index contributed by atoms with van der Waals surface area (Å²) in [6, 6.07) is 8.51. The standard InChI is InChI=1S/C24H28N2O/c1-23(2)15-9-13-5-7-19(25-21(13)17(23)11-15)20-8-6-14-10-16-12-18(24(16,3)4)22(14)26(20)27/h5-8,15-18H,9-12H2,1-4H3/t15-,16-,17-,18-/m0/s1. The molecule has 0 aromatic carbocycles. The van der Waals surface area contributed by atoms with Crippen molar-refractivity contribution in [3.05, 3.63) is 52.0 Å². The van der Waals surface area contributed by atoms with Crippen LogP contribution in [0.2, 0.25) is 0 Å². The van der Waals surface area contributed by atoms with Crippen LogP contribution >= 0.6 is 0 Å². The van der Waals surface area contributed by atoms with Gasteiger partial charge >= 0.3 is 0 Å². The molecule has 2 aromatic heterocycles. The molecular formula is C24H28N2O. The molecule has 4 atom stereocenters. The Morgan fingerprint density at radius 2 is 1.52 bits per heavy atom. The van der Waals surface area contributed by atoms with Gasteiger partial charge in [0.15, 0.2) is 5.69 Å². The smallest absolute Gasteiger partial charge is 0.242 e. The van der Waals surface area contributed by atoms with E-state index in [0.717, 1.165) is 41.8 Å². The van der Waals surface area contributed by atoms with Crippen LogP contribution < -0.4 is 4.73 Å². The molecule has 6 aliphatic rings. The summed E-state index contributed by atoms with van der Waals surface area (Å²) in [6.45, 7) is 9.41. The molecule has 3 nitrogen and oxygen atoms in total. The summed E-state index contributed by atoms with van der Waals surface area (Å²) in [4.78, 5) is 5.06. The Morgan fingerprint density at radius 1 is 0.889 bits per heavy atom. The van der Waals surface area contributed by atoms with Crippen LogP contribution in [0, 0.1) is 27.9 Å². The molecule has 6 aliphatic carbocycles. The number of hydrogen-bond acceptors (Lipinski definition) is 2. The molecule has 0 unspecified atom stereocenters. The van der Waals surface area contributed by atoms with Crippen molar-refractivity contribution in [1.82, 2.24) is 4.98 Å². The molecule has 0 aliphatic heterocycles. The third-order valence-electron chi connectivity index (χ3n) is 9.02. The second-order valence-corrected chi connectivity index (χ2v) is 10.7. The van der Waals surface area contributed by atoms with Crippen molar-refractivity contribution in [2.45, 2.75) is 65.2 Å². The second kappa shape index (κ2) is 4.74. The summed E-state index contributed by atoms with van der Waals surface area (Å²) in [5.74, 6) is 2.48. The summed E-state index contributed by atoms with van der Waals surface area (Å²) in [5.41, 5.74) is 7.13. The summed E-state index contributed by atoms with van der Waals surface area (Å²) in [6.07, 6.45) is 4.62. The van der Waals surface area contributed by atoms with Gasteiger partial charge in [0.05, 0.1) is 5.92 Å². The van der Waals surface area contributed by atoms with Gasteiger partial charge in [-0.2, -0.15) is 4.73 Å². The van der Waals surface area contributed by atoms with E-state index in [4.69, 9.17) is 4.98 Å². The summed E-state index contributed by atoms with van der Waals surface area (Å²) in [5, 5.41) is 13.4. The molecule has 4 bridgehead atoms. The van der Waals surface area contributed by atoms with Crippen molar-refractivity contribution in [3.63, 3.8) is 0 Å². The summed E-state index contributed by atoms with van der Waals surface area (Å²) >= 11 is 0. The molecule has 0 N–H and O–H groups in total. The first kappa shape index (κ1) is 16.1. The van der Waals surface area contributed by atoms with E-state index in [2.05, 4.69) is 45.9 Å². The maximum Gasteiger partial charge on any atom is 0.242 e. The zero-order valence-electron chi connectivity index (χ0n) is 16.7. The lowest BCUT2D eigenvalue weighted by Crippen LogP contribution is -2.54. The molecule has 2 aromatic rings. The van der Waals surface area contributed by atoms with Crippen LogP contribution in [0.4, 0.5) is 0 Å². The highest BCUT2D eigenvalue weighted by Crippen LogP contribution is 2.62. The third kappa shape index (κ3) is 1.83. The predicted octanol–water partition coefficient (Wildman–Crippen LogP) is 4.75. The van der Waals surface area contributed by atoms with Crippen molar-refractivity contribution in [2.75, 3.05) is 0 Å². The van der Waals surface area contributed by atoms with Crippen molar-refractivity contribution in [2.24, 2.45) is 22.7 Å². The lowest BCUT2D eigenvalue weighted by molar-refractivity contribution is -0.608. The number of rotatable bonds is 1. The Bertz CT molecular complexity index is 990. The summed E-state index contributed by atoms with van der Waals surface area (Å²) < 4.78 is 1.23. The number of nitrogens with zero attached hydrogens (tertiary/aromatic N) is 2. The van der Waals surface area contributed by atoms with Gasteiger partial charge < -0.3 is 5.21 Å². The monoisotopic (exact) mass is 360 g/mol. The fraction of sp³-hybridized carbons (Fsp3) is 0.583. The van der Waals surface area contributed by atoms with Crippen LogP contribution in [-0.4, -0.2) is 4.98 Å². The SMILES string of the molecule is CC1(C)[C@H]2Cc3ccc(-c4ccc5c([n+]4[O-])[C@@H]4C[C@H](C5)C4(C)C)nc3[C@@H]1C2. The van der Waals surface area contributed by atoms with E-state index in [1.807, 2.05) is 6.07 Å². The van der Waals surface area contributed by atoms with Gasteiger partial charge in [-0.15, -0.1) is 0 Å². The van der Waals surface area contributed by atoms with E-state index in [0.29, 0.717) is 17.3 Å². The molecular weight excluding hydrogens is 332 g/mol. The van der Waals surface area contributed by atoms with Gasteiger partial charge in [0.1, 0.15) is 5.69 Å². The molecule has 2 saturated carbocycles. The Labute approximate surface area is 161 Å². The Kier molecular flexibility index (Phi) is 2.82. The van der Waals surface area contributed by atoms with Crippen molar-refractivity contribution in [1.29, 1.82) is 0 Å². The first-order valence-electron chi connectivity index (χ1n) is 10.5. The highest BCUT2D eigenvalue weighted by molar-refractivity contribution is 5.54. The molecule has 0 saturated heterocycles. The minimum absolute atomic E-state index is 0.256. The average Bonchev–Trinajstić information content (AvgIpc) is 2.66. The molecule has 2 heterocycles. The van der Waals surface area contributed by atoms with Gasteiger partial charge in [-0.3, -0.25) is 0 Å². The Balaban J connectivity index is 1.47. The fourth-order valence-electron chi connectivity index (χ4n) is 6.62. The molecule has 0 amide bonds. The Hall–Kier alpha value is -1.90. The largest absolute Gasteiger partial charge is 0.618 e. The highest BCUT2D eigenvalue weighted by Gasteiger charge is 2.57. The van der Waals surface area contributed by atoms with Gasteiger partial charge in [0.25, 0.3) is 0 Å². The van der Waals surface area contributed by atoms with Gasteiger partial charge in [0.2, 0.25) is 5.69 Å². The zero-order chi connectivity index (χ0) is 18.7. The van der Waals surface area contributed by atoms with Crippen LogP contribution in [0.25, 0.3) is 11.4 Å². The lowest BCUT2D eigenvalue weighted by atomic mass is 9.48. The van der Waals surface area contributed by atoms with Gasteiger partial charge in [0, 0.05) is 23.2 Å². The van der Waals surface area contributed by atoms with Crippen LogP contribution in [-0.2, 0) is 12.8 Å². The van der Waals surface area contributed by atoms with Crippen LogP contribution in [0.3, 0.4) is 0 Å². The first-order valence-corrected chi connectivity index (χ1v) is 10.5. The number of hydrogen-bond donors (Lipinski definition) is 0. The van der Waals surface area contributed by atoms with Gasteiger partial charge in [-0.1, -0.05) is 33.8 Å². The van der Waals surface area contributed by atoms with Crippen LogP contribution in [0.5, 0.6) is 0 Å². The van der Waals surface area contributed by atoms with E-state index in [-0.39, 0.29) is 5.41 Å². The van der Waals surface area contributed by atoms with E-state index >= 15 is 0 Å². The maximum absolute atomic E-state index is 13.4. The molecule has 140 valence electrons. The number of pyridine rings is 2. The van der Waals surface area contributed by atoms with Crippen LogP contribution in [0.1, 0.15) is 74.9 Å². The van der Waals surface area contributed by atoms with E-state index in [9.17, 15) is 5.21 Å². The van der Waals surface area contributed by atoms with Crippen molar-refractivity contribution >= 4 is 0 Å². The zero-order valence-corrected chi connectivity index (χ0v) is 16.7. The predicted molar refractivity (Wildman–Crippen MR) is 105 cm³/mol. The minimum atomic E-state index is 0.256. The van der Waals surface area contributed by atoms with Crippen LogP contribution in [0.15, 0.2) is 24.3 Å². The van der Waals surface area contributed by atoms with E-state index < -0.39 is 0 Å². The van der Waals surface area contributed by atoms with Crippen molar-refractivity contribution < 1.29 is 4.73 Å². The average molecular weight is 361 g/mol. The molecule has 3 heteroatoms. The topological polar surface area (TPSA) is 39.8 Å². The van der Waals surface area contributed by atoms with Gasteiger partial charge in [-0.05, 0) is 66.0 Å². The quantitative estimate of drug-likeness (QED) is 0.544. The minimum Gasteiger partial charge on any atom is -0.618 e. The van der Waals surface area contributed by atoms with Gasteiger partial charge in [-0.25, -0.2) is 4.98 Å². The third-order valence-corrected chi connectivity index (χ3v) is 9.02. The molecule has 27 heavy (non-hydrogen) atoms. The fourth-order valence-corrected chi connectivity index (χ4v) is 6.62. The summed E-state index contributed by atoms with van der Waals surface area (Å²) in [7, 11) is 0. The molecule has 0 radical (unpaired) electrons. The first-order chi connectivity index (χ1) is 12.8. The molecule has 2 fully saturated rings. The van der Waals surface area contributed by atoms with E-state index in [1.165, 1.54) is 34.4 Å². The maximum atomic E-state index is 13.4.